The van der Waals surface area contributed by atoms with Crippen molar-refractivity contribution in [1.29, 1.82) is 0 Å². The van der Waals surface area contributed by atoms with Gasteiger partial charge in [0.15, 0.2) is 11.9 Å². The van der Waals surface area contributed by atoms with E-state index in [0.717, 1.165) is 12.8 Å². The van der Waals surface area contributed by atoms with Crippen LogP contribution < -0.4 is 10.6 Å². The van der Waals surface area contributed by atoms with Gasteiger partial charge in [0.2, 0.25) is 11.8 Å². The third-order valence-electron chi connectivity index (χ3n) is 4.92. The van der Waals surface area contributed by atoms with E-state index in [1.54, 1.807) is 24.5 Å². The predicted molar refractivity (Wildman–Crippen MR) is 92.2 cm³/mol. The van der Waals surface area contributed by atoms with Crippen LogP contribution in [0.5, 0.6) is 0 Å². The molecule has 2 aliphatic rings. The van der Waals surface area contributed by atoms with E-state index >= 15 is 0 Å². The van der Waals surface area contributed by atoms with E-state index in [9.17, 15) is 9.59 Å². The van der Waals surface area contributed by atoms with Gasteiger partial charge in [-0.05, 0) is 24.5 Å². The maximum absolute atomic E-state index is 12.6. The summed E-state index contributed by atoms with van der Waals surface area (Å²) in [6, 6.07) is 2.94. The molecule has 0 spiro atoms. The average Bonchev–Trinajstić information content (AvgIpc) is 3.38. The normalized spacial score (nSPS) is 23.2. The Morgan fingerprint density at radius 3 is 2.96 bits per heavy atom. The van der Waals surface area contributed by atoms with E-state index in [-0.39, 0.29) is 25.0 Å². The molecule has 2 N–H and O–H groups in total. The van der Waals surface area contributed by atoms with Crippen molar-refractivity contribution in [3.63, 3.8) is 0 Å². The van der Waals surface area contributed by atoms with Gasteiger partial charge in [-0.3, -0.25) is 14.6 Å². The fraction of sp³-hybridized carbons (Fsp3) is 0.500. The highest BCUT2D eigenvalue weighted by Gasteiger charge is 2.36. The Labute approximate surface area is 155 Å². The van der Waals surface area contributed by atoms with Crippen molar-refractivity contribution >= 4 is 11.8 Å². The summed E-state index contributed by atoms with van der Waals surface area (Å²) in [5, 5.41) is 9.50. The number of morpholine rings is 1. The minimum absolute atomic E-state index is 0.141. The van der Waals surface area contributed by atoms with E-state index in [1.807, 2.05) is 0 Å². The van der Waals surface area contributed by atoms with Crippen LogP contribution in [0.2, 0.25) is 0 Å². The molecule has 2 aromatic heterocycles. The van der Waals surface area contributed by atoms with E-state index in [4.69, 9.17) is 9.26 Å². The van der Waals surface area contributed by atoms with Crippen LogP contribution in [0.1, 0.15) is 54.9 Å². The first-order valence-corrected chi connectivity index (χ1v) is 9.12. The SMILES string of the molecule is O=C1CO[C@H](C(=O)NCc2noc(C3CCCC3)n2)[C@@H](c2cccnc2)N1. The zero-order chi connectivity index (χ0) is 18.6. The first kappa shape index (κ1) is 17.6. The highest BCUT2D eigenvalue weighted by atomic mass is 16.5. The fourth-order valence-electron chi connectivity index (χ4n) is 3.54. The van der Waals surface area contributed by atoms with E-state index in [2.05, 4.69) is 25.8 Å². The molecule has 2 fully saturated rings. The third-order valence-corrected chi connectivity index (χ3v) is 4.92. The lowest BCUT2D eigenvalue weighted by atomic mass is 10.0. The molecule has 0 radical (unpaired) electrons. The largest absolute Gasteiger partial charge is 0.356 e. The molecular formula is C18H21N5O4. The van der Waals surface area contributed by atoms with E-state index in [1.165, 1.54) is 12.8 Å². The number of nitrogens with one attached hydrogen (secondary N) is 2. The molecule has 0 unspecified atom stereocenters. The van der Waals surface area contributed by atoms with Gasteiger partial charge in [0, 0.05) is 18.3 Å². The summed E-state index contributed by atoms with van der Waals surface area (Å²) >= 11 is 0. The van der Waals surface area contributed by atoms with Crippen molar-refractivity contribution < 1.29 is 18.8 Å². The van der Waals surface area contributed by atoms with Gasteiger partial charge < -0.3 is 19.9 Å². The van der Waals surface area contributed by atoms with E-state index in [0.29, 0.717) is 23.2 Å². The van der Waals surface area contributed by atoms with Crippen LogP contribution in [0.15, 0.2) is 29.0 Å². The molecule has 2 aromatic rings. The van der Waals surface area contributed by atoms with E-state index < -0.39 is 12.1 Å². The van der Waals surface area contributed by atoms with Crippen LogP contribution in [0.25, 0.3) is 0 Å². The van der Waals surface area contributed by atoms with Gasteiger partial charge in [-0.2, -0.15) is 4.98 Å². The molecule has 4 rings (SSSR count). The summed E-state index contributed by atoms with van der Waals surface area (Å²) < 4.78 is 10.8. The third kappa shape index (κ3) is 3.97. The summed E-state index contributed by atoms with van der Waals surface area (Å²) in [6.07, 6.45) is 6.87. The van der Waals surface area contributed by atoms with Crippen LogP contribution in [-0.2, 0) is 20.9 Å². The smallest absolute Gasteiger partial charge is 0.252 e. The van der Waals surface area contributed by atoms with Crippen molar-refractivity contribution in [2.45, 2.75) is 50.3 Å². The molecule has 1 saturated heterocycles. The quantitative estimate of drug-likeness (QED) is 0.804. The molecular weight excluding hydrogens is 350 g/mol. The van der Waals surface area contributed by atoms with Gasteiger partial charge in [0.25, 0.3) is 5.91 Å². The Bertz CT molecular complexity index is 803. The molecule has 0 bridgehead atoms. The number of carbonyl (C=O) groups excluding carboxylic acids is 2. The molecule has 0 aromatic carbocycles. The summed E-state index contributed by atoms with van der Waals surface area (Å²) in [4.78, 5) is 32.8. The number of aromatic nitrogens is 3. The molecule has 9 nitrogen and oxygen atoms in total. The Balaban J connectivity index is 1.40. The minimum atomic E-state index is -0.854. The second-order valence-electron chi connectivity index (χ2n) is 6.81. The highest BCUT2D eigenvalue weighted by molar-refractivity contribution is 5.86. The highest BCUT2D eigenvalue weighted by Crippen LogP contribution is 2.32. The number of nitrogens with zero attached hydrogens (tertiary/aromatic N) is 3. The first-order chi connectivity index (χ1) is 13.2. The van der Waals surface area contributed by atoms with Gasteiger partial charge in [-0.15, -0.1) is 0 Å². The Morgan fingerprint density at radius 2 is 2.19 bits per heavy atom. The van der Waals surface area contributed by atoms with Crippen molar-refractivity contribution in [2.24, 2.45) is 0 Å². The van der Waals surface area contributed by atoms with Gasteiger partial charge in [-0.25, -0.2) is 0 Å². The monoisotopic (exact) mass is 371 g/mol. The molecule has 9 heteroatoms. The lowest BCUT2D eigenvalue weighted by Crippen LogP contribution is -2.52. The summed E-state index contributed by atoms with van der Waals surface area (Å²) in [6.45, 7) is -0.0223. The number of hydrogen-bond acceptors (Lipinski definition) is 7. The van der Waals surface area contributed by atoms with Gasteiger partial charge >= 0.3 is 0 Å². The Hall–Kier alpha value is -2.81. The van der Waals surface area contributed by atoms with Gasteiger partial charge in [0.05, 0.1) is 12.6 Å². The molecule has 2 amide bonds. The molecule has 1 saturated carbocycles. The predicted octanol–water partition coefficient (Wildman–Crippen LogP) is 0.995. The second-order valence-corrected chi connectivity index (χ2v) is 6.81. The summed E-state index contributed by atoms with van der Waals surface area (Å²) in [7, 11) is 0. The number of pyridine rings is 1. The van der Waals surface area contributed by atoms with Crippen LogP contribution >= 0.6 is 0 Å². The maximum atomic E-state index is 12.6. The average molecular weight is 371 g/mol. The summed E-state index contributed by atoms with van der Waals surface area (Å²) in [5.41, 5.74) is 0.703. The second kappa shape index (κ2) is 7.83. The standard InChI is InChI=1S/C18H21N5O4/c24-14-10-26-16(15(22-14)12-6-3-7-19-8-12)17(25)20-9-13-21-18(27-23-13)11-4-1-2-5-11/h3,6-8,11,15-16H,1-2,4-5,9-10H2,(H,20,25)(H,22,24)/t15-,16+/m1/s1. The van der Waals surface area contributed by atoms with Gasteiger partial charge in [-0.1, -0.05) is 24.1 Å². The number of hydrogen-bond donors (Lipinski definition) is 2. The number of carbonyl (C=O) groups is 2. The lowest BCUT2D eigenvalue weighted by molar-refractivity contribution is -0.148. The number of rotatable bonds is 5. The Kier molecular flexibility index (Phi) is 5.10. The lowest BCUT2D eigenvalue weighted by Gasteiger charge is -2.31. The number of amides is 2. The van der Waals surface area contributed by atoms with Crippen molar-refractivity contribution in [3.8, 4) is 0 Å². The van der Waals surface area contributed by atoms with Crippen LogP contribution in [0, 0.1) is 0 Å². The minimum Gasteiger partial charge on any atom is -0.356 e. The topological polar surface area (TPSA) is 119 Å². The zero-order valence-corrected chi connectivity index (χ0v) is 14.8. The fourth-order valence-corrected chi connectivity index (χ4v) is 3.54. The van der Waals surface area contributed by atoms with Crippen molar-refractivity contribution in [1.82, 2.24) is 25.8 Å². The molecule has 2 atom stereocenters. The molecule has 27 heavy (non-hydrogen) atoms. The molecule has 1 aliphatic carbocycles. The van der Waals surface area contributed by atoms with Crippen LogP contribution in [0.3, 0.4) is 0 Å². The van der Waals surface area contributed by atoms with Crippen LogP contribution in [0.4, 0.5) is 0 Å². The zero-order valence-electron chi connectivity index (χ0n) is 14.8. The van der Waals surface area contributed by atoms with Gasteiger partial charge in [0.1, 0.15) is 6.61 Å². The Morgan fingerprint density at radius 1 is 1.33 bits per heavy atom. The molecule has 3 heterocycles. The van der Waals surface area contributed by atoms with Crippen molar-refractivity contribution in [2.75, 3.05) is 6.61 Å². The molecule has 1 aliphatic heterocycles. The van der Waals surface area contributed by atoms with Crippen LogP contribution in [-0.4, -0.2) is 39.6 Å². The first-order valence-electron chi connectivity index (χ1n) is 9.12. The summed E-state index contributed by atoms with van der Waals surface area (Å²) in [5.74, 6) is 0.784. The number of ether oxygens (including phenoxy) is 1. The molecule has 142 valence electrons. The maximum Gasteiger partial charge on any atom is 0.252 e. The van der Waals surface area contributed by atoms with Crippen molar-refractivity contribution in [3.05, 3.63) is 41.8 Å².